The van der Waals surface area contributed by atoms with Crippen molar-refractivity contribution in [3.05, 3.63) is 29.6 Å². The number of pyridine rings is 1. The van der Waals surface area contributed by atoms with Crippen LogP contribution in [0.1, 0.15) is 16.1 Å². The fourth-order valence-electron chi connectivity index (χ4n) is 1.15. The molecule has 100 valence electrons. The molecule has 1 heterocycles. The van der Waals surface area contributed by atoms with Crippen molar-refractivity contribution in [2.45, 2.75) is 0 Å². The molecule has 0 aromatic carbocycles. The molecule has 1 rings (SSSR count). The minimum absolute atomic E-state index is 0.00112. The van der Waals surface area contributed by atoms with Crippen molar-refractivity contribution in [1.29, 1.82) is 0 Å². The van der Waals surface area contributed by atoms with E-state index in [4.69, 9.17) is 10.8 Å². The van der Waals surface area contributed by atoms with E-state index in [0.717, 1.165) is 0 Å². The van der Waals surface area contributed by atoms with Crippen molar-refractivity contribution in [1.82, 2.24) is 10.3 Å². The van der Waals surface area contributed by atoms with Crippen LogP contribution in [0.5, 0.6) is 0 Å². The lowest BCUT2D eigenvalue weighted by molar-refractivity contribution is 0.0932. The molecule has 0 atom stereocenters. The zero-order valence-corrected chi connectivity index (χ0v) is 10.0. The van der Waals surface area contributed by atoms with Gasteiger partial charge in [-0.25, -0.2) is 9.78 Å². The average molecular weight is 263 g/mol. The third-order valence-electron chi connectivity index (χ3n) is 1.94. The maximum Gasteiger partial charge on any atom is 0.404 e. The quantitative estimate of drug-likeness (QED) is 0.488. The molecule has 0 bridgehead atoms. The Bertz CT molecular complexity index is 502. The van der Waals surface area contributed by atoms with Gasteiger partial charge in [0.05, 0.1) is 6.54 Å². The van der Waals surface area contributed by atoms with Gasteiger partial charge in [-0.1, -0.05) is 11.8 Å². The summed E-state index contributed by atoms with van der Waals surface area (Å²) >= 11 is 0. The van der Waals surface area contributed by atoms with Gasteiger partial charge in [-0.05, 0) is 12.1 Å². The van der Waals surface area contributed by atoms with E-state index in [-0.39, 0.29) is 25.5 Å². The number of aliphatic hydroxyl groups excluding tert-OH is 1. The Morgan fingerprint density at radius 2 is 2.26 bits per heavy atom. The number of hydrogen-bond donors (Lipinski definition) is 3. The number of ether oxygens (including phenoxy) is 1. The largest absolute Gasteiger partial charge is 0.448 e. The number of nitrogens with one attached hydrogen (secondary N) is 1. The summed E-state index contributed by atoms with van der Waals surface area (Å²) in [5.74, 6) is 4.74. The number of rotatable bonds is 4. The zero-order chi connectivity index (χ0) is 14.1. The van der Waals surface area contributed by atoms with Crippen LogP contribution in [0.2, 0.25) is 0 Å². The first kappa shape index (κ1) is 14.5. The van der Waals surface area contributed by atoms with Gasteiger partial charge < -0.3 is 20.9 Å². The molecule has 7 nitrogen and oxygen atoms in total. The normalized spacial score (nSPS) is 9.11. The fraction of sp³-hybridized carbons (Fsp3) is 0.250. The van der Waals surface area contributed by atoms with Crippen LogP contribution in [-0.4, -0.2) is 41.8 Å². The van der Waals surface area contributed by atoms with Crippen LogP contribution in [0.25, 0.3) is 0 Å². The Kier molecular flexibility index (Phi) is 5.85. The second-order valence-corrected chi connectivity index (χ2v) is 3.32. The van der Waals surface area contributed by atoms with Gasteiger partial charge in [-0.15, -0.1) is 0 Å². The number of carbonyl (C=O) groups is 2. The van der Waals surface area contributed by atoms with Gasteiger partial charge >= 0.3 is 6.09 Å². The molecule has 0 aliphatic heterocycles. The minimum Gasteiger partial charge on any atom is -0.448 e. The van der Waals surface area contributed by atoms with E-state index < -0.39 is 12.0 Å². The number of hydrogen-bond acceptors (Lipinski definition) is 5. The number of primary amides is 1. The van der Waals surface area contributed by atoms with E-state index in [1.54, 1.807) is 6.07 Å². The topological polar surface area (TPSA) is 115 Å². The monoisotopic (exact) mass is 263 g/mol. The second kappa shape index (κ2) is 7.68. The molecule has 0 radical (unpaired) electrons. The Balaban J connectivity index is 2.46. The van der Waals surface area contributed by atoms with Gasteiger partial charge in [0.1, 0.15) is 18.9 Å². The Morgan fingerprint density at radius 1 is 1.47 bits per heavy atom. The molecule has 0 aliphatic carbocycles. The summed E-state index contributed by atoms with van der Waals surface area (Å²) in [4.78, 5) is 25.8. The van der Waals surface area contributed by atoms with E-state index in [1.165, 1.54) is 12.3 Å². The summed E-state index contributed by atoms with van der Waals surface area (Å²) in [5.41, 5.74) is 5.58. The molecule has 1 aromatic heterocycles. The average Bonchev–Trinajstić information content (AvgIpc) is 2.41. The van der Waals surface area contributed by atoms with Gasteiger partial charge in [0.15, 0.2) is 0 Å². The third-order valence-corrected chi connectivity index (χ3v) is 1.94. The summed E-state index contributed by atoms with van der Waals surface area (Å²) in [7, 11) is 0. The lowest BCUT2D eigenvalue weighted by Crippen LogP contribution is -2.29. The van der Waals surface area contributed by atoms with Crippen LogP contribution in [0.4, 0.5) is 4.79 Å². The number of carbonyl (C=O) groups excluding carboxylic acids is 2. The van der Waals surface area contributed by atoms with Crippen LogP contribution in [0, 0.1) is 11.8 Å². The minimum atomic E-state index is -0.890. The summed E-state index contributed by atoms with van der Waals surface area (Å²) < 4.78 is 4.45. The van der Waals surface area contributed by atoms with Crippen molar-refractivity contribution in [2.24, 2.45) is 5.73 Å². The number of nitrogens with two attached hydrogens (primary N) is 1. The Morgan fingerprint density at radius 3 is 2.84 bits per heavy atom. The van der Waals surface area contributed by atoms with Gasteiger partial charge in [-0.2, -0.15) is 0 Å². The zero-order valence-electron chi connectivity index (χ0n) is 10.0. The lowest BCUT2D eigenvalue weighted by atomic mass is 10.2. The van der Waals surface area contributed by atoms with Crippen molar-refractivity contribution in [2.75, 3.05) is 19.8 Å². The predicted molar refractivity (Wildman–Crippen MR) is 66.1 cm³/mol. The highest BCUT2D eigenvalue weighted by atomic mass is 16.5. The molecule has 0 unspecified atom stereocenters. The highest BCUT2D eigenvalue weighted by Gasteiger charge is 2.06. The first-order valence-electron chi connectivity index (χ1n) is 5.39. The molecule has 0 aliphatic rings. The maximum atomic E-state index is 11.6. The fourth-order valence-corrected chi connectivity index (χ4v) is 1.15. The molecule has 2 amide bonds. The Hall–Kier alpha value is -2.59. The summed E-state index contributed by atoms with van der Waals surface area (Å²) in [6.07, 6.45) is 0.538. The highest BCUT2D eigenvalue weighted by Crippen LogP contribution is 1.98. The van der Waals surface area contributed by atoms with Gasteiger partial charge in [0.25, 0.3) is 5.91 Å². The van der Waals surface area contributed by atoms with Crippen molar-refractivity contribution < 1.29 is 19.4 Å². The molecule has 0 saturated heterocycles. The third kappa shape index (κ3) is 5.52. The molecular weight excluding hydrogens is 250 g/mol. The molecule has 4 N–H and O–H groups in total. The molecule has 19 heavy (non-hydrogen) atoms. The molecule has 7 heteroatoms. The van der Waals surface area contributed by atoms with Crippen molar-refractivity contribution >= 4 is 12.0 Å². The van der Waals surface area contributed by atoms with Crippen LogP contribution in [0.15, 0.2) is 18.3 Å². The van der Waals surface area contributed by atoms with Crippen LogP contribution in [-0.2, 0) is 4.74 Å². The molecule has 1 aromatic rings. The number of amides is 2. The molecule has 0 spiro atoms. The van der Waals surface area contributed by atoms with Gasteiger partial charge in [0.2, 0.25) is 0 Å². The lowest BCUT2D eigenvalue weighted by Gasteiger charge is -2.04. The Labute approximate surface area is 109 Å². The number of aromatic nitrogens is 1. The summed E-state index contributed by atoms with van der Waals surface area (Å²) in [6.45, 7) is -0.0846. The second-order valence-electron chi connectivity index (χ2n) is 3.32. The van der Waals surface area contributed by atoms with Crippen molar-refractivity contribution in [3.8, 4) is 11.8 Å². The van der Waals surface area contributed by atoms with E-state index in [0.29, 0.717) is 5.56 Å². The predicted octanol–water partition coefficient (Wildman–Crippen LogP) is -0.749. The number of nitrogens with zero attached hydrogens (tertiary/aromatic N) is 1. The van der Waals surface area contributed by atoms with E-state index >= 15 is 0 Å². The van der Waals surface area contributed by atoms with Crippen molar-refractivity contribution in [3.63, 3.8) is 0 Å². The van der Waals surface area contributed by atoms with E-state index in [9.17, 15) is 9.59 Å². The van der Waals surface area contributed by atoms with E-state index in [1.807, 2.05) is 0 Å². The SMILES string of the molecule is NC(=O)OCCNC(=O)c1ccc(C#CCO)cn1. The first-order chi connectivity index (χ1) is 9.13. The molecule has 0 fully saturated rings. The van der Waals surface area contributed by atoms with Crippen LogP contribution in [0.3, 0.4) is 0 Å². The standard InChI is InChI=1S/C12H13N3O4/c13-12(18)19-7-5-14-11(17)10-4-3-9(8-15-10)2-1-6-16/h3-4,8,16H,5-7H2,(H2,13,18)(H,14,17). The maximum absolute atomic E-state index is 11.6. The smallest absolute Gasteiger partial charge is 0.404 e. The van der Waals surface area contributed by atoms with Gasteiger partial charge in [0, 0.05) is 11.8 Å². The molecular formula is C12H13N3O4. The van der Waals surface area contributed by atoms with Gasteiger partial charge in [-0.3, -0.25) is 4.79 Å². The van der Waals surface area contributed by atoms with Crippen LogP contribution >= 0.6 is 0 Å². The highest BCUT2D eigenvalue weighted by molar-refractivity contribution is 5.92. The van der Waals surface area contributed by atoms with E-state index in [2.05, 4.69) is 26.9 Å². The summed E-state index contributed by atoms with van der Waals surface area (Å²) in [5, 5.41) is 11.0. The number of aliphatic hydroxyl groups is 1. The summed E-state index contributed by atoms with van der Waals surface area (Å²) in [6, 6.07) is 3.12. The first-order valence-corrected chi connectivity index (χ1v) is 5.39. The van der Waals surface area contributed by atoms with Crippen LogP contribution < -0.4 is 11.1 Å². The molecule has 0 saturated carbocycles.